The average molecular weight is 302 g/mol. The van der Waals surface area contributed by atoms with Crippen molar-refractivity contribution in [2.45, 2.75) is 6.36 Å². The van der Waals surface area contributed by atoms with Gasteiger partial charge in [-0.25, -0.2) is 4.98 Å². The zero-order chi connectivity index (χ0) is 14.8. The molecule has 0 N–H and O–H groups in total. The highest BCUT2D eigenvalue weighted by Gasteiger charge is 2.32. The lowest BCUT2D eigenvalue weighted by molar-refractivity contribution is -0.274. The van der Waals surface area contributed by atoms with Crippen LogP contribution in [0.15, 0.2) is 36.4 Å². The molecule has 2 rings (SSSR count). The fraction of sp³-hybridized carbons (Fsp3) is 0.0769. The summed E-state index contributed by atoms with van der Waals surface area (Å²) >= 11 is 5.92. The normalized spacial score (nSPS) is 11.2. The summed E-state index contributed by atoms with van der Waals surface area (Å²) in [7, 11) is 0. The fourth-order valence-corrected chi connectivity index (χ4v) is 1.79. The minimum Gasteiger partial charge on any atom is -0.405 e. The number of carbonyl (C=O) groups is 1. The Hall–Kier alpha value is -2.08. The number of nitrogens with zero attached hydrogens (tertiary/aromatic N) is 1. The van der Waals surface area contributed by atoms with Crippen LogP contribution in [-0.4, -0.2) is 17.6 Å². The minimum atomic E-state index is -4.83. The third-order valence-electron chi connectivity index (χ3n) is 2.36. The molecule has 1 heterocycles. The molecule has 0 aliphatic rings. The van der Waals surface area contributed by atoms with Gasteiger partial charge in [0, 0.05) is 5.56 Å². The van der Waals surface area contributed by atoms with E-state index >= 15 is 0 Å². The van der Waals surface area contributed by atoms with Crippen molar-refractivity contribution in [3.63, 3.8) is 0 Å². The Bertz CT molecular complexity index is 644. The second-order valence-electron chi connectivity index (χ2n) is 3.73. The van der Waals surface area contributed by atoms with E-state index in [1.54, 1.807) is 0 Å². The number of halogens is 4. The molecule has 0 aliphatic carbocycles. The number of rotatable bonds is 3. The Morgan fingerprint density at radius 2 is 1.85 bits per heavy atom. The average Bonchev–Trinajstić information content (AvgIpc) is 2.38. The number of aromatic nitrogens is 1. The van der Waals surface area contributed by atoms with Gasteiger partial charge in [-0.15, -0.1) is 13.2 Å². The largest absolute Gasteiger partial charge is 0.573 e. The number of carbonyl (C=O) groups excluding carboxylic acids is 1. The van der Waals surface area contributed by atoms with Crippen LogP contribution >= 0.6 is 11.6 Å². The molecule has 104 valence electrons. The summed E-state index contributed by atoms with van der Waals surface area (Å²) in [4.78, 5) is 14.6. The van der Waals surface area contributed by atoms with E-state index in [9.17, 15) is 18.0 Å². The molecule has 0 fully saturated rings. The van der Waals surface area contributed by atoms with Crippen molar-refractivity contribution in [2.75, 3.05) is 0 Å². The van der Waals surface area contributed by atoms with E-state index in [0.29, 0.717) is 6.29 Å². The molecule has 0 atom stereocenters. The molecule has 2 aromatic rings. The van der Waals surface area contributed by atoms with E-state index in [4.69, 9.17) is 11.6 Å². The number of para-hydroxylation sites is 1. The maximum atomic E-state index is 12.4. The van der Waals surface area contributed by atoms with Crippen molar-refractivity contribution in [1.82, 2.24) is 4.98 Å². The summed E-state index contributed by atoms with van der Waals surface area (Å²) in [5.41, 5.74) is 0.167. The van der Waals surface area contributed by atoms with Gasteiger partial charge in [0.15, 0.2) is 6.29 Å². The van der Waals surface area contributed by atoms with Crippen molar-refractivity contribution in [2.24, 2.45) is 0 Å². The number of pyridine rings is 1. The third-order valence-corrected chi connectivity index (χ3v) is 2.66. The molecular formula is C13H7ClF3NO2. The zero-order valence-electron chi connectivity index (χ0n) is 9.82. The maximum absolute atomic E-state index is 12.4. The SMILES string of the molecule is O=Cc1ccc(Cl)c(-c2ccccc2OC(F)(F)F)n1. The van der Waals surface area contributed by atoms with Gasteiger partial charge in [0.1, 0.15) is 11.4 Å². The van der Waals surface area contributed by atoms with E-state index in [0.717, 1.165) is 6.07 Å². The number of benzene rings is 1. The van der Waals surface area contributed by atoms with Crippen LogP contribution in [0.3, 0.4) is 0 Å². The molecule has 7 heteroatoms. The first-order chi connectivity index (χ1) is 9.40. The summed E-state index contributed by atoms with van der Waals surface area (Å²) < 4.78 is 41.0. The number of aldehydes is 1. The van der Waals surface area contributed by atoms with Crippen molar-refractivity contribution in [1.29, 1.82) is 0 Å². The highest BCUT2D eigenvalue weighted by Crippen LogP contribution is 2.35. The highest BCUT2D eigenvalue weighted by molar-refractivity contribution is 6.33. The summed E-state index contributed by atoms with van der Waals surface area (Å²) in [6.45, 7) is 0. The summed E-state index contributed by atoms with van der Waals surface area (Å²) in [6.07, 6.45) is -4.35. The van der Waals surface area contributed by atoms with Crippen LogP contribution < -0.4 is 4.74 Å². The number of hydrogen-bond donors (Lipinski definition) is 0. The molecule has 0 amide bonds. The van der Waals surface area contributed by atoms with E-state index in [2.05, 4.69) is 9.72 Å². The Morgan fingerprint density at radius 1 is 1.15 bits per heavy atom. The standard InChI is InChI=1S/C13H7ClF3NO2/c14-10-6-5-8(7-19)18-12(10)9-3-1-2-4-11(9)20-13(15,16)17/h1-7H. The van der Waals surface area contributed by atoms with Gasteiger partial charge < -0.3 is 4.74 Å². The molecule has 0 saturated carbocycles. The van der Waals surface area contributed by atoms with Crippen LogP contribution in [0.4, 0.5) is 13.2 Å². The van der Waals surface area contributed by atoms with Crippen LogP contribution in [0.1, 0.15) is 10.5 Å². The molecule has 0 spiro atoms. The number of ether oxygens (including phenoxy) is 1. The second-order valence-corrected chi connectivity index (χ2v) is 4.14. The van der Waals surface area contributed by atoms with Gasteiger partial charge in [-0.2, -0.15) is 0 Å². The molecular weight excluding hydrogens is 295 g/mol. The van der Waals surface area contributed by atoms with Crippen LogP contribution in [0.5, 0.6) is 5.75 Å². The smallest absolute Gasteiger partial charge is 0.405 e. The van der Waals surface area contributed by atoms with Crippen molar-refractivity contribution in [3.8, 4) is 17.0 Å². The molecule has 20 heavy (non-hydrogen) atoms. The Balaban J connectivity index is 2.55. The van der Waals surface area contributed by atoms with Crippen LogP contribution in [0, 0.1) is 0 Å². The molecule has 0 radical (unpaired) electrons. The van der Waals surface area contributed by atoms with E-state index in [-0.39, 0.29) is 22.0 Å². The van der Waals surface area contributed by atoms with Crippen LogP contribution in [0.2, 0.25) is 5.02 Å². The van der Waals surface area contributed by atoms with Gasteiger partial charge in [0.05, 0.1) is 10.7 Å². The van der Waals surface area contributed by atoms with Gasteiger partial charge in [-0.3, -0.25) is 4.79 Å². The Morgan fingerprint density at radius 3 is 2.50 bits per heavy atom. The summed E-state index contributed by atoms with van der Waals surface area (Å²) in [5.74, 6) is -0.433. The Labute approximate surface area is 117 Å². The predicted molar refractivity (Wildman–Crippen MR) is 66.8 cm³/mol. The first-order valence-corrected chi connectivity index (χ1v) is 5.75. The molecule has 1 aromatic carbocycles. The highest BCUT2D eigenvalue weighted by atomic mass is 35.5. The monoisotopic (exact) mass is 301 g/mol. The van der Waals surface area contributed by atoms with E-state index in [1.807, 2.05) is 0 Å². The molecule has 0 saturated heterocycles. The predicted octanol–water partition coefficient (Wildman–Crippen LogP) is 4.11. The van der Waals surface area contributed by atoms with Crippen LogP contribution in [0.25, 0.3) is 11.3 Å². The number of hydrogen-bond acceptors (Lipinski definition) is 3. The third kappa shape index (κ3) is 3.27. The van der Waals surface area contributed by atoms with Gasteiger partial charge in [0.2, 0.25) is 0 Å². The molecule has 0 unspecified atom stereocenters. The first kappa shape index (κ1) is 14.3. The lowest BCUT2D eigenvalue weighted by atomic mass is 10.1. The molecule has 0 bridgehead atoms. The fourth-order valence-electron chi connectivity index (χ4n) is 1.59. The molecule has 3 nitrogen and oxygen atoms in total. The first-order valence-electron chi connectivity index (χ1n) is 5.37. The van der Waals surface area contributed by atoms with E-state index < -0.39 is 12.1 Å². The lowest BCUT2D eigenvalue weighted by Crippen LogP contribution is -2.17. The Kier molecular flexibility index (Phi) is 3.94. The number of alkyl halides is 3. The van der Waals surface area contributed by atoms with Gasteiger partial charge in [-0.1, -0.05) is 23.7 Å². The van der Waals surface area contributed by atoms with Crippen molar-refractivity contribution < 1.29 is 22.7 Å². The van der Waals surface area contributed by atoms with Crippen molar-refractivity contribution >= 4 is 17.9 Å². The lowest BCUT2D eigenvalue weighted by Gasteiger charge is -2.13. The summed E-state index contributed by atoms with van der Waals surface area (Å²) in [5, 5.41) is 0.119. The van der Waals surface area contributed by atoms with Gasteiger partial charge in [0.25, 0.3) is 0 Å². The second kappa shape index (κ2) is 5.50. The topological polar surface area (TPSA) is 39.2 Å². The van der Waals surface area contributed by atoms with E-state index in [1.165, 1.54) is 30.3 Å². The molecule has 1 aromatic heterocycles. The quantitative estimate of drug-likeness (QED) is 0.801. The van der Waals surface area contributed by atoms with Gasteiger partial charge in [-0.05, 0) is 24.3 Å². The summed E-state index contributed by atoms with van der Waals surface area (Å²) in [6, 6.07) is 8.19. The molecule has 0 aliphatic heterocycles. The van der Waals surface area contributed by atoms with Gasteiger partial charge >= 0.3 is 6.36 Å². The minimum absolute atomic E-state index is 0.0520. The zero-order valence-corrected chi connectivity index (χ0v) is 10.6. The van der Waals surface area contributed by atoms with Crippen molar-refractivity contribution in [3.05, 3.63) is 47.1 Å². The maximum Gasteiger partial charge on any atom is 0.573 e. The van der Waals surface area contributed by atoms with Crippen LogP contribution in [-0.2, 0) is 0 Å².